The first-order valence-electron chi connectivity index (χ1n) is 6.78. The minimum Gasteiger partial charge on any atom is -0.480 e. The fourth-order valence-electron chi connectivity index (χ4n) is 1.80. The molecular weight excluding hydrogens is 304 g/mol. The van der Waals surface area contributed by atoms with Crippen molar-refractivity contribution in [2.75, 3.05) is 0 Å². The highest BCUT2D eigenvalue weighted by Crippen LogP contribution is 2.21. The van der Waals surface area contributed by atoms with Crippen LogP contribution in [0, 0.1) is 5.92 Å². The first-order valence-corrected chi connectivity index (χ1v) is 7.66. The summed E-state index contributed by atoms with van der Waals surface area (Å²) in [5.41, 5.74) is 0.753. The van der Waals surface area contributed by atoms with Crippen molar-refractivity contribution < 1.29 is 14.7 Å². The number of aromatic nitrogens is 3. The molecule has 2 heterocycles. The van der Waals surface area contributed by atoms with Crippen LogP contribution >= 0.6 is 11.3 Å². The first kappa shape index (κ1) is 16.0. The van der Waals surface area contributed by atoms with Gasteiger partial charge in [0.2, 0.25) is 0 Å². The van der Waals surface area contributed by atoms with Gasteiger partial charge in [-0.15, -0.1) is 11.3 Å². The fraction of sp³-hybridized carbons (Fsp3) is 0.357. The summed E-state index contributed by atoms with van der Waals surface area (Å²) >= 11 is 1.26. The first-order chi connectivity index (χ1) is 10.5. The van der Waals surface area contributed by atoms with E-state index in [0.717, 1.165) is 0 Å². The monoisotopic (exact) mass is 320 g/mol. The second-order valence-corrected chi connectivity index (χ2v) is 5.66. The zero-order valence-electron chi connectivity index (χ0n) is 12.2. The molecule has 2 aromatic rings. The van der Waals surface area contributed by atoms with Gasteiger partial charge in [0.15, 0.2) is 0 Å². The lowest BCUT2D eigenvalue weighted by Gasteiger charge is -2.19. The van der Waals surface area contributed by atoms with Crippen molar-refractivity contribution in [2.24, 2.45) is 5.92 Å². The van der Waals surface area contributed by atoms with Crippen LogP contribution in [0.5, 0.6) is 0 Å². The number of carbonyl (C=O) groups excluding carboxylic acids is 1. The summed E-state index contributed by atoms with van der Waals surface area (Å²) in [4.78, 5) is 35.6. The van der Waals surface area contributed by atoms with Gasteiger partial charge >= 0.3 is 5.97 Å². The van der Waals surface area contributed by atoms with E-state index in [1.54, 1.807) is 30.9 Å². The number of rotatable bonds is 6. The van der Waals surface area contributed by atoms with Gasteiger partial charge in [0.1, 0.15) is 22.4 Å². The highest BCUT2D eigenvalue weighted by molar-refractivity contribution is 7.13. The smallest absolute Gasteiger partial charge is 0.326 e. The largest absolute Gasteiger partial charge is 0.480 e. The number of amides is 1. The van der Waals surface area contributed by atoms with Crippen molar-refractivity contribution in [1.82, 2.24) is 20.3 Å². The van der Waals surface area contributed by atoms with E-state index in [2.05, 4.69) is 20.3 Å². The molecule has 116 valence electrons. The lowest BCUT2D eigenvalue weighted by atomic mass is 9.99. The van der Waals surface area contributed by atoms with Gasteiger partial charge in [-0.2, -0.15) is 0 Å². The standard InChI is InChI=1S/C14H16N4O3S/c1-3-8(2)11(14(20)21)18-12(19)10-7-22-13(17-10)9-6-15-4-5-16-9/h4-8,11H,3H2,1-2H3,(H,18,19)(H,20,21). The fourth-order valence-corrected chi connectivity index (χ4v) is 2.56. The van der Waals surface area contributed by atoms with E-state index in [4.69, 9.17) is 0 Å². The number of nitrogens with one attached hydrogen (secondary N) is 1. The number of thiazole rings is 1. The molecule has 0 spiro atoms. The zero-order valence-corrected chi connectivity index (χ0v) is 13.0. The molecule has 0 saturated heterocycles. The number of carbonyl (C=O) groups is 2. The van der Waals surface area contributed by atoms with Gasteiger partial charge in [-0.1, -0.05) is 20.3 Å². The van der Waals surface area contributed by atoms with Crippen LogP contribution in [-0.2, 0) is 4.79 Å². The summed E-state index contributed by atoms with van der Waals surface area (Å²) in [6.45, 7) is 3.66. The summed E-state index contributed by atoms with van der Waals surface area (Å²) in [7, 11) is 0. The Balaban J connectivity index is 2.13. The molecule has 2 unspecified atom stereocenters. The Bertz CT molecular complexity index is 659. The van der Waals surface area contributed by atoms with Gasteiger partial charge in [0.25, 0.3) is 5.91 Å². The van der Waals surface area contributed by atoms with Crippen LogP contribution in [0.15, 0.2) is 24.0 Å². The molecule has 2 aromatic heterocycles. The highest BCUT2D eigenvalue weighted by atomic mass is 32.1. The Morgan fingerprint density at radius 1 is 1.41 bits per heavy atom. The predicted octanol–water partition coefficient (Wildman–Crippen LogP) is 1.83. The summed E-state index contributed by atoms with van der Waals surface area (Å²) < 4.78 is 0. The minimum atomic E-state index is -1.05. The number of carboxylic acids is 1. The van der Waals surface area contributed by atoms with Crippen molar-refractivity contribution in [3.05, 3.63) is 29.7 Å². The molecule has 0 bridgehead atoms. The minimum absolute atomic E-state index is 0.167. The molecule has 0 aromatic carbocycles. The molecule has 1 amide bonds. The third kappa shape index (κ3) is 3.64. The maximum Gasteiger partial charge on any atom is 0.326 e. The Morgan fingerprint density at radius 3 is 2.77 bits per heavy atom. The third-order valence-electron chi connectivity index (χ3n) is 3.28. The Hall–Kier alpha value is -2.35. The predicted molar refractivity (Wildman–Crippen MR) is 81.5 cm³/mol. The topological polar surface area (TPSA) is 105 Å². The third-order valence-corrected chi connectivity index (χ3v) is 4.15. The molecule has 0 radical (unpaired) electrons. The molecule has 0 aliphatic heterocycles. The Labute approximate surface area is 131 Å². The molecule has 7 nitrogen and oxygen atoms in total. The number of aliphatic carboxylic acids is 1. The summed E-state index contributed by atoms with van der Waals surface area (Å²) in [6, 6.07) is -0.931. The molecule has 0 fully saturated rings. The van der Waals surface area contributed by atoms with E-state index >= 15 is 0 Å². The van der Waals surface area contributed by atoms with Crippen LogP contribution in [0.1, 0.15) is 30.8 Å². The number of nitrogens with zero attached hydrogens (tertiary/aromatic N) is 3. The van der Waals surface area contributed by atoms with Crippen molar-refractivity contribution in [3.8, 4) is 10.7 Å². The van der Waals surface area contributed by atoms with Crippen molar-refractivity contribution in [2.45, 2.75) is 26.3 Å². The van der Waals surface area contributed by atoms with Gasteiger partial charge in [-0.25, -0.2) is 9.78 Å². The molecule has 2 atom stereocenters. The van der Waals surface area contributed by atoms with Gasteiger partial charge < -0.3 is 10.4 Å². The second kappa shape index (κ2) is 7.08. The van der Waals surface area contributed by atoms with E-state index in [1.807, 2.05) is 6.92 Å². The van der Waals surface area contributed by atoms with Crippen molar-refractivity contribution in [1.29, 1.82) is 0 Å². The molecule has 2 N–H and O–H groups in total. The van der Waals surface area contributed by atoms with E-state index < -0.39 is 17.9 Å². The number of hydrogen-bond acceptors (Lipinski definition) is 6. The molecule has 0 aliphatic rings. The zero-order chi connectivity index (χ0) is 16.1. The summed E-state index contributed by atoms with van der Waals surface area (Å²) in [5, 5.41) is 13.9. The molecule has 22 heavy (non-hydrogen) atoms. The van der Waals surface area contributed by atoms with Crippen LogP contribution < -0.4 is 5.32 Å². The van der Waals surface area contributed by atoms with E-state index in [9.17, 15) is 14.7 Å². The maximum atomic E-state index is 12.2. The average molecular weight is 320 g/mol. The summed E-state index contributed by atoms with van der Waals surface area (Å²) in [5.74, 6) is -1.72. The van der Waals surface area contributed by atoms with Crippen LogP contribution in [0.2, 0.25) is 0 Å². The van der Waals surface area contributed by atoms with E-state index in [-0.39, 0.29) is 11.6 Å². The van der Waals surface area contributed by atoms with Gasteiger partial charge in [-0.3, -0.25) is 14.8 Å². The SMILES string of the molecule is CCC(C)C(NC(=O)c1csc(-c2cnccn2)n1)C(=O)O. The van der Waals surface area contributed by atoms with E-state index in [0.29, 0.717) is 17.1 Å². The number of hydrogen-bond donors (Lipinski definition) is 2. The highest BCUT2D eigenvalue weighted by Gasteiger charge is 2.26. The quantitative estimate of drug-likeness (QED) is 0.841. The second-order valence-electron chi connectivity index (χ2n) is 4.80. The van der Waals surface area contributed by atoms with Crippen LogP contribution in [0.4, 0.5) is 0 Å². The van der Waals surface area contributed by atoms with Gasteiger partial charge in [0, 0.05) is 17.8 Å². The van der Waals surface area contributed by atoms with Crippen LogP contribution in [0.3, 0.4) is 0 Å². The van der Waals surface area contributed by atoms with Crippen molar-refractivity contribution >= 4 is 23.2 Å². The van der Waals surface area contributed by atoms with Crippen LogP contribution in [-0.4, -0.2) is 38.0 Å². The molecule has 0 saturated carbocycles. The number of carboxylic acid groups (broad SMARTS) is 1. The normalized spacial score (nSPS) is 13.4. The maximum absolute atomic E-state index is 12.2. The van der Waals surface area contributed by atoms with Gasteiger partial charge in [0.05, 0.1) is 6.20 Å². The lowest BCUT2D eigenvalue weighted by Crippen LogP contribution is -2.45. The summed E-state index contributed by atoms with van der Waals surface area (Å²) in [6.07, 6.45) is 5.30. The molecular formula is C14H16N4O3S. The lowest BCUT2D eigenvalue weighted by molar-refractivity contribution is -0.140. The van der Waals surface area contributed by atoms with E-state index in [1.165, 1.54) is 11.3 Å². The van der Waals surface area contributed by atoms with Crippen molar-refractivity contribution in [3.63, 3.8) is 0 Å². The Kier molecular flexibility index (Phi) is 5.16. The molecule has 8 heteroatoms. The Morgan fingerprint density at radius 2 is 2.18 bits per heavy atom. The molecule has 0 aliphatic carbocycles. The van der Waals surface area contributed by atoms with Crippen LogP contribution in [0.25, 0.3) is 10.7 Å². The average Bonchev–Trinajstić information content (AvgIpc) is 3.02. The molecule has 2 rings (SSSR count). The van der Waals surface area contributed by atoms with Gasteiger partial charge in [-0.05, 0) is 5.92 Å².